The summed E-state index contributed by atoms with van der Waals surface area (Å²) in [5.41, 5.74) is 2.11. The van der Waals surface area contributed by atoms with E-state index in [0.29, 0.717) is 23.9 Å². The van der Waals surface area contributed by atoms with Gasteiger partial charge < -0.3 is 9.42 Å². The summed E-state index contributed by atoms with van der Waals surface area (Å²) < 4.78 is 5.22. The number of rotatable bonds is 7. The summed E-state index contributed by atoms with van der Waals surface area (Å²) in [5.74, 6) is 1.60. The largest absolute Gasteiger partial charge is 0.339 e. The topological polar surface area (TPSA) is 75.4 Å². The van der Waals surface area contributed by atoms with Gasteiger partial charge in [-0.25, -0.2) is 4.98 Å². The van der Waals surface area contributed by atoms with Gasteiger partial charge in [0.2, 0.25) is 17.6 Å². The van der Waals surface area contributed by atoms with Crippen LogP contribution in [-0.4, -0.2) is 62.8 Å². The third-order valence-corrected chi connectivity index (χ3v) is 6.08. The first kappa shape index (κ1) is 20.6. The van der Waals surface area contributed by atoms with E-state index in [0.717, 1.165) is 43.3 Å². The third kappa shape index (κ3) is 5.06. The van der Waals surface area contributed by atoms with E-state index in [9.17, 15) is 4.79 Å². The van der Waals surface area contributed by atoms with Crippen LogP contribution in [0.1, 0.15) is 18.4 Å². The molecule has 0 spiro atoms. The summed E-state index contributed by atoms with van der Waals surface area (Å²) in [6, 6.07) is 14.2. The zero-order valence-electron chi connectivity index (χ0n) is 17.0. The van der Waals surface area contributed by atoms with Crippen molar-refractivity contribution in [3.8, 4) is 11.4 Å². The van der Waals surface area contributed by atoms with E-state index in [1.165, 1.54) is 17.3 Å². The van der Waals surface area contributed by atoms with Crippen molar-refractivity contribution < 1.29 is 9.32 Å². The first-order chi connectivity index (χ1) is 14.7. The Bertz CT molecular complexity index is 970. The summed E-state index contributed by atoms with van der Waals surface area (Å²) in [7, 11) is 0. The van der Waals surface area contributed by atoms with Crippen molar-refractivity contribution in [2.24, 2.45) is 0 Å². The lowest BCUT2D eigenvalue weighted by Gasteiger charge is -2.34. The van der Waals surface area contributed by atoms with Crippen molar-refractivity contribution in [2.75, 3.05) is 31.9 Å². The van der Waals surface area contributed by atoms with Crippen LogP contribution in [0.5, 0.6) is 0 Å². The minimum absolute atomic E-state index is 0.137. The van der Waals surface area contributed by atoms with Crippen molar-refractivity contribution in [3.05, 3.63) is 60.1 Å². The fourth-order valence-electron chi connectivity index (χ4n) is 3.40. The molecule has 3 aromatic rings. The van der Waals surface area contributed by atoms with Crippen LogP contribution in [0.25, 0.3) is 11.4 Å². The van der Waals surface area contributed by atoms with E-state index < -0.39 is 0 Å². The minimum atomic E-state index is 0.137. The molecule has 4 rings (SSSR count). The first-order valence-corrected chi connectivity index (χ1v) is 11.2. The second kappa shape index (κ2) is 9.86. The first-order valence-electron chi connectivity index (χ1n) is 10.2. The summed E-state index contributed by atoms with van der Waals surface area (Å²) in [6.45, 7) is 6.19. The highest BCUT2D eigenvalue weighted by Crippen LogP contribution is 2.28. The van der Waals surface area contributed by atoms with Crippen LogP contribution in [0.3, 0.4) is 0 Å². The van der Waals surface area contributed by atoms with Crippen molar-refractivity contribution in [2.45, 2.75) is 24.9 Å². The highest BCUT2D eigenvalue weighted by atomic mass is 32.2. The van der Waals surface area contributed by atoms with E-state index in [1.807, 2.05) is 30.0 Å². The van der Waals surface area contributed by atoms with Crippen molar-refractivity contribution in [1.82, 2.24) is 24.9 Å². The number of piperazine rings is 1. The second-order valence-corrected chi connectivity index (χ2v) is 8.12. The van der Waals surface area contributed by atoms with Crippen LogP contribution in [0.15, 0.2) is 58.2 Å². The molecule has 1 amide bonds. The van der Waals surface area contributed by atoms with E-state index in [-0.39, 0.29) is 5.91 Å². The maximum Gasteiger partial charge on any atom is 0.233 e. The SMILES string of the molecule is CCc1nc(-c2cccnc2SCC(=O)N2CCN(Cc3ccccc3)CC2)no1. The molecular weight excluding hydrogens is 398 g/mol. The quantitative estimate of drug-likeness (QED) is 0.541. The Balaban J connectivity index is 1.30. The zero-order valence-corrected chi connectivity index (χ0v) is 17.8. The van der Waals surface area contributed by atoms with Gasteiger partial charge in [0.15, 0.2) is 0 Å². The fourth-order valence-corrected chi connectivity index (χ4v) is 4.30. The summed E-state index contributed by atoms with van der Waals surface area (Å²) >= 11 is 1.43. The van der Waals surface area contributed by atoms with Gasteiger partial charge in [0.05, 0.1) is 11.3 Å². The van der Waals surface area contributed by atoms with Crippen LogP contribution in [0.2, 0.25) is 0 Å². The second-order valence-electron chi connectivity index (χ2n) is 7.15. The van der Waals surface area contributed by atoms with Gasteiger partial charge in [-0.3, -0.25) is 9.69 Å². The molecule has 2 aromatic heterocycles. The number of pyridine rings is 1. The Hall–Kier alpha value is -2.71. The molecule has 0 N–H and O–H groups in total. The van der Waals surface area contributed by atoms with Crippen LogP contribution in [0, 0.1) is 0 Å². The van der Waals surface area contributed by atoms with Gasteiger partial charge in [-0.15, -0.1) is 0 Å². The maximum atomic E-state index is 12.7. The predicted octanol–water partition coefficient (Wildman–Crippen LogP) is 3.13. The molecule has 1 aliphatic rings. The van der Waals surface area contributed by atoms with Gasteiger partial charge >= 0.3 is 0 Å². The van der Waals surface area contributed by atoms with Crippen LogP contribution in [-0.2, 0) is 17.8 Å². The predicted molar refractivity (Wildman–Crippen MR) is 116 cm³/mol. The number of hydrogen-bond donors (Lipinski definition) is 0. The molecule has 0 atom stereocenters. The van der Waals surface area contributed by atoms with E-state index in [2.05, 4.69) is 44.3 Å². The molecule has 3 heterocycles. The number of aryl methyl sites for hydroxylation is 1. The number of thioether (sulfide) groups is 1. The van der Waals surface area contributed by atoms with E-state index in [4.69, 9.17) is 4.52 Å². The van der Waals surface area contributed by atoms with Crippen LogP contribution in [0.4, 0.5) is 0 Å². The highest BCUT2D eigenvalue weighted by molar-refractivity contribution is 8.00. The van der Waals surface area contributed by atoms with Crippen molar-refractivity contribution >= 4 is 17.7 Å². The Morgan fingerprint density at radius 1 is 1.10 bits per heavy atom. The molecule has 0 saturated carbocycles. The molecule has 30 heavy (non-hydrogen) atoms. The highest BCUT2D eigenvalue weighted by Gasteiger charge is 2.22. The number of nitrogens with zero attached hydrogens (tertiary/aromatic N) is 5. The molecule has 156 valence electrons. The minimum Gasteiger partial charge on any atom is -0.339 e. The summed E-state index contributed by atoms with van der Waals surface area (Å²) in [4.78, 5) is 25.9. The molecule has 7 nitrogen and oxygen atoms in total. The van der Waals surface area contributed by atoms with Gasteiger partial charge in [-0.05, 0) is 17.7 Å². The molecular formula is C22H25N5O2S. The molecule has 1 aliphatic heterocycles. The van der Waals surface area contributed by atoms with Gasteiger partial charge in [0.1, 0.15) is 5.03 Å². The standard InChI is InChI=1S/C22H25N5O2S/c1-2-19-24-21(25-29-19)18-9-6-10-23-22(18)30-16-20(28)27-13-11-26(12-14-27)15-17-7-4-3-5-8-17/h3-10H,2,11-16H2,1H3. The van der Waals surface area contributed by atoms with Gasteiger partial charge in [0.25, 0.3) is 0 Å². The lowest BCUT2D eigenvalue weighted by molar-refractivity contribution is -0.130. The maximum absolute atomic E-state index is 12.7. The van der Waals surface area contributed by atoms with Crippen LogP contribution >= 0.6 is 11.8 Å². The zero-order chi connectivity index (χ0) is 20.8. The molecule has 0 aliphatic carbocycles. The number of carbonyl (C=O) groups excluding carboxylic acids is 1. The van der Waals surface area contributed by atoms with Gasteiger partial charge in [-0.2, -0.15) is 4.98 Å². The van der Waals surface area contributed by atoms with Crippen molar-refractivity contribution in [1.29, 1.82) is 0 Å². The lowest BCUT2D eigenvalue weighted by Crippen LogP contribution is -2.48. The molecule has 0 unspecified atom stereocenters. The molecule has 1 fully saturated rings. The van der Waals surface area contributed by atoms with E-state index >= 15 is 0 Å². The average Bonchev–Trinajstić information content (AvgIpc) is 3.28. The Morgan fingerprint density at radius 3 is 2.63 bits per heavy atom. The normalized spacial score (nSPS) is 14.8. The van der Waals surface area contributed by atoms with Crippen molar-refractivity contribution in [3.63, 3.8) is 0 Å². The number of amides is 1. The number of hydrogen-bond acceptors (Lipinski definition) is 7. The number of benzene rings is 1. The molecule has 0 bridgehead atoms. The Labute approximate surface area is 180 Å². The fraction of sp³-hybridized carbons (Fsp3) is 0.364. The van der Waals surface area contributed by atoms with Gasteiger partial charge in [-0.1, -0.05) is 54.2 Å². The number of carbonyl (C=O) groups is 1. The lowest BCUT2D eigenvalue weighted by atomic mass is 10.2. The van der Waals surface area contributed by atoms with E-state index in [1.54, 1.807) is 6.20 Å². The molecule has 1 saturated heterocycles. The summed E-state index contributed by atoms with van der Waals surface area (Å²) in [5, 5.41) is 4.78. The Kier molecular flexibility index (Phi) is 6.76. The average molecular weight is 424 g/mol. The Morgan fingerprint density at radius 2 is 1.90 bits per heavy atom. The summed E-state index contributed by atoms with van der Waals surface area (Å²) in [6.07, 6.45) is 2.41. The molecule has 0 radical (unpaired) electrons. The molecule has 1 aromatic carbocycles. The third-order valence-electron chi connectivity index (χ3n) is 5.09. The number of aromatic nitrogens is 3. The smallest absolute Gasteiger partial charge is 0.233 e. The molecule has 8 heteroatoms. The monoisotopic (exact) mass is 423 g/mol. The van der Waals surface area contributed by atoms with Crippen LogP contribution < -0.4 is 0 Å². The van der Waals surface area contributed by atoms with Gasteiger partial charge in [0, 0.05) is 45.3 Å².